The van der Waals surface area contributed by atoms with Crippen LogP contribution in [0.3, 0.4) is 0 Å². The van der Waals surface area contributed by atoms with Crippen LogP contribution in [0.1, 0.15) is 13.3 Å². The first-order valence-electron chi connectivity index (χ1n) is 5.16. The predicted octanol–water partition coefficient (Wildman–Crippen LogP) is -1.11. The van der Waals surface area contributed by atoms with E-state index in [4.69, 9.17) is 10.5 Å². The Bertz CT molecular complexity index is 281. The van der Waals surface area contributed by atoms with Gasteiger partial charge in [0.2, 0.25) is 0 Å². The van der Waals surface area contributed by atoms with Gasteiger partial charge >= 0.3 is 0 Å². The molecular formula is C8H19N3O3S. The monoisotopic (exact) mass is 237 g/mol. The van der Waals surface area contributed by atoms with Crippen molar-refractivity contribution in [3.63, 3.8) is 0 Å². The average Bonchev–Trinajstić information content (AvgIpc) is 2.26. The second-order valence-electron chi connectivity index (χ2n) is 3.49. The van der Waals surface area contributed by atoms with Crippen LogP contribution in [0.25, 0.3) is 0 Å². The lowest BCUT2D eigenvalue weighted by atomic mass is 10.3. The summed E-state index contributed by atoms with van der Waals surface area (Å²) in [4.78, 5) is 0. The molecule has 1 atom stereocenters. The lowest BCUT2D eigenvalue weighted by molar-refractivity contribution is 0.00414. The molecule has 15 heavy (non-hydrogen) atoms. The van der Waals surface area contributed by atoms with Crippen molar-refractivity contribution in [1.82, 2.24) is 9.03 Å². The Labute approximate surface area is 90.9 Å². The Morgan fingerprint density at radius 1 is 1.60 bits per heavy atom. The second kappa shape index (κ2) is 5.76. The minimum atomic E-state index is -3.34. The van der Waals surface area contributed by atoms with Crippen molar-refractivity contribution in [2.45, 2.75) is 19.4 Å². The highest BCUT2D eigenvalue weighted by Crippen LogP contribution is 2.07. The Morgan fingerprint density at radius 2 is 2.33 bits per heavy atom. The zero-order chi connectivity index (χ0) is 11.3. The maximum absolute atomic E-state index is 11.7. The first kappa shape index (κ1) is 12.9. The number of rotatable bonds is 5. The molecule has 0 radical (unpaired) electrons. The van der Waals surface area contributed by atoms with Gasteiger partial charge in [-0.15, -0.1) is 0 Å². The highest BCUT2D eigenvalue weighted by Gasteiger charge is 2.28. The number of hydrogen-bond donors (Lipinski definition) is 2. The van der Waals surface area contributed by atoms with Gasteiger partial charge in [-0.25, -0.2) is 4.72 Å². The molecular weight excluding hydrogens is 218 g/mol. The van der Waals surface area contributed by atoms with Gasteiger partial charge in [0, 0.05) is 26.2 Å². The molecule has 7 heteroatoms. The fourth-order valence-corrected chi connectivity index (χ4v) is 2.70. The molecule has 0 bridgehead atoms. The van der Waals surface area contributed by atoms with Gasteiger partial charge in [-0.1, -0.05) is 6.92 Å². The number of ether oxygens (including phenoxy) is 1. The summed E-state index contributed by atoms with van der Waals surface area (Å²) in [6.07, 6.45) is 0.598. The molecule has 0 saturated carbocycles. The topological polar surface area (TPSA) is 84.7 Å². The fourth-order valence-electron chi connectivity index (χ4n) is 1.38. The lowest BCUT2D eigenvalue weighted by Crippen LogP contribution is -2.51. The molecule has 0 aliphatic carbocycles. The molecule has 1 aliphatic rings. The van der Waals surface area contributed by atoms with Crippen molar-refractivity contribution in [3.05, 3.63) is 0 Å². The van der Waals surface area contributed by atoms with Crippen LogP contribution >= 0.6 is 0 Å². The van der Waals surface area contributed by atoms with Gasteiger partial charge in [0.05, 0.1) is 12.7 Å². The number of nitrogens with zero attached hydrogens (tertiary/aromatic N) is 1. The highest BCUT2D eigenvalue weighted by atomic mass is 32.2. The van der Waals surface area contributed by atoms with Crippen LogP contribution in [0.4, 0.5) is 0 Å². The largest absolute Gasteiger partial charge is 0.374 e. The van der Waals surface area contributed by atoms with Gasteiger partial charge in [0.15, 0.2) is 0 Å². The van der Waals surface area contributed by atoms with Gasteiger partial charge in [-0.2, -0.15) is 12.7 Å². The van der Waals surface area contributed by atoms with E-state index < -0.39 is 10.2 Å². The first-order valence-corrected chi connectivity index (χ1v) is 6.60. The van der Waals surface area contributed by atoms with Crippen LogP contribution in [0.2, 0.25) is 0 Å². The van der Waals surface area contributed by atoms with E-state index in [1.807, 2.05) is 6.92 Å². The Kier molecular flexibility index (Phi) is 4.94. The minimum absolute atomic E-state index is 0.183. The van der Waals surface area contributed by atoms with Gasteiger partial charge in [0.25, 0.3) is 10.2 Å². The van der Waals surface area contributed by atoms with Crippen molar-refractivity contribution in [2.24, 2.45) is 5.73 Å². The maximum Gasteiger partial charge on any atom is 0.279 e. The van der Waals surface area contributed by atoms with Crippen LogP contribution in [0.5, 0.6) is 0 Å². The molecule has 0 aromatic heterocycles. The molecule has 3 N–H and O–H groups in total. The van der Waals surface area contributed by atoms with E-state index in [1.165, 1.54) is 4.31 Å². The number of morpholine rings is 1. The summed E-state index contributed by atoms with van der Waals surface area (Å²) in [6.45, 7) is 3.89. The minimum Gasteiger partial charge on any atom is -0.374 e. The molecule has 6 nitrogen and oxygen atoms in total. The third-order valence-electron chi connectivity index (χ3n) is 2.24. The molecule has 90 valence electrons. The molecule has 1 saturated heterocycles. The Balaban J connectivity index is 2.54. The molecule has 1 rings (SSSR count). The summed E-state index contributed by atoms with van der Waals surface area (Å²) < 4.78 is 32.7. The predicted molar refractivity (Wildman–Crippen MR) is 57.6 cm³/mol. The van der Waals surface area contributed by atoms with E-state index in [1.54, 1.807) is 0 Å². The fraction of sp³-hybridized carbons (Fsp3) is 1.00. The van der Waals surface area contributed by atoms with E-state index in [2.05, 4.69) is 4.72 Å². The quantitative estimate of drug-likeness (QED) is 0.635. The standard InChI is InChI=1S/C8H19N3O3S/c1-2-3-10-15(12,13)11-4-5-14-8(6-9)7-11/h8,10H,2-7,9H2,1H3. The summed E-state index contributed by atoms with van der Waals surface area (Å²) in [5, 5.41) is 0. The second-order valence-corrected chi connectivity index (χ2v) is 5.24. The number of hydrogen-bond acceptors (Lipinski definition) is 4. The zero-order valence-electron chi connectivity index (χ0n) is 8.98. The third kappa shape index (κ3) is 3.69. The molecule has 0 aromatic carbocycles. The summed E-state index contributed by atoms with van der Waals surface area (Å²) in [5.74, 6) is 0. The summed E-state index contributed by atoms with van der Waals surface area (Å²) in [5.41, 5.74) is 5.44. The van der Waals surface area contributed by atoms with Crippen LogP contribution in [0.15, 0.2) is 0 Å². The van der Waals surface area contributed by atoms with Crippen LogP contribution in [-0.2, 0) is 14.9 Å². The molecule has 1 unspecified atom stereocenters. The summed E-state index contributed by atoms with van der Waals surface area (Å²) in [6, 6.07) is 0. The van der Waals surface area contributed by atoms with Crippen molar-refractivity contribution in [3.8, 4) is 0 Å². The van der Waals surface area contributed by atoms with E-state index in [-0.39, 0.29) is 6.10 Å². The third-order valence-corrected chi connectivity index (χ3v) is 3.82. The molecule has 0 spiro atoms. The molecule has 1 heterocycles. The Morgan fingerprint density at radius 3 is 2.93 bits per heavy atom. The molecule has 1 fully saturated rings. The lowest BCUT2D eigenvalue weighted by Gasteiger charge is -2.31. The highest BCUT2D eigenvalue weighted by molar-refractivity contribution is 7.87. The Hall–Kier alpha value is -0.210. The van der Waals surface area contributed by atoms with Gasteiger partial charge in [-0.3, -0.25) is 0 Å². The van der Waals surface area contributed by atoms with Crippen LogP contribution in [-0.4, -0.2) is 51.6 Å². The van der Waals surface area contributed by atoms with E-state index >= 15 is 0 Å². The van der Waals surface area contributed by atoms with E-state index in [0.717, 1.165) is 6.42 Å². The summed E-state index contributed by atoms with van der Waals surface area (Å²) in [7, 11) is -3.34. The molecule has 0 aromatic rings. The average molecular weight is 237 g/mol. The SMILES string of the molecule is CCCNS(=O)(=O)N1CCOC(CN)C1. The molecule has 0 amide bonds. The number of nitrogens with two attached hydrogens (primary N) is 1. The van der Waals surface area contributed by atoms with Gasteiger partial charge in [0.1, 0.15) is 0 Å². The maximum atomic E-state index is 11.7. The van der Waals surface area contributed by atoms with Gasteiger partial charge < -0.3 is 10.5 Å². The smallest absolute Gasteiger partial charge is 0.279 e. The van der Waals surface area contributed by atoms with Gasteiger partial charge in [-0.05, 0) is 6.42 Å². The first-order chi connectivity index (χ1) is 7.10. The van der Waals surface area contributed by atoms with Crippen LogP contribution < -0.4 is 10.5 Å². The van der Waals surface area contributed by atoms with Crippen molar-refractivity contribution in [2.75, 3.05) is 32.8 Å². The van der Waals surface area contributed by atoms with Crippen LogP contribution in [0, 0.1) is 0 Å². The van der Waals surface area contributed by atoms with Crippen molar-refractivity contribution < 1.29 is 13.2 Å². The normalized spacial score (nSPS) is 24.3. The van der Waals surface area contributed by atoms with Crippen molar-refractivity contribution >= 4 is 10.2 Å². The van der Waals surface area contributed by atoms with Crippen molar-refractivity contribution in [1.29, 1.82) is 0 Å². The summed E-state index contributed by atoms with van der Waals surface area (Å²) >= 11 is 0. The van der Waals surface area contributed by atoms with E-state index in [9.17, 15) is 8.42 Å². The van der Waals surface area contributed by atoms with E-state index in [0.29, 0.717) is 32.8 Å². The zero-order valence-corrected chi connectivity index (χ0v) is 9.79. The number of nitrogens with one attached hydrogen (secondary N) is 1. The molecule has 1 aliphatic heterocycles.